The van der Waals surface area contributed by atoms with Crippen LogP contribution in [0.1, 0.15) is 129 Å². The number of fused-ring (bicyclic) bond motifs is 21. The van der Waals surface area contributed by atoms with Gasteiger partial charge in [0.05, 0.1) is 0 Å². The van der Waals surface area contributed by atoms with E-state index >= 15 is 0 Å². The summed E-state index contributed by atoms with van der Waals surface area (Å²) in [6, 6.07) is 89.6. The molecule has 0 N–H and O–H groups in total. The summed E-state index contributed by atoms with van der Waals surface area (Å²) in [6.07, 6.45) is 1.44. The van der Waals surface area contributed by atoms with Crippen molar-refractivity contribution < 1.29 is 18.9 Å². The summed E-state index contributed by atoms with van der Waals surface area (Å²) in [6.45, 7) is 30.1. The van der Waals surface area contributed by atoms with Crippen molar-refractivity contribution in [2.24, 2.45) is 0 Å². The van der Waals surface area contributed by atoms with E-state index in [1.807, 2.05) is 0 Å². The molecular weight excluding hydrogens is 1320 g/mol. The van der Waals surface area contributed by atoms with Crippen LogP contribution in [0.15, 0.2) is 237 Å². The van der Waals surface area contributed by atoms with Crippen molar-refractivity contribution >= 4 is 119 Å². The van der Waals surface area contributed by atoms with E-state index < -0.39 is 5.41 Å². The zero-order valence-electron chi connectivity index (χ0n) is 63.6. The van der Waals surface area contributed by atoms with Crippen LogP contribution in [0, 0.1) is 0 Å². The fourth-order valence-corrected chi connectivity index (χ4v) is 19.8. The number of hydrogen-bond donors (Lipinski definition) is 0. The van der Waals surface area contributed by atoms with Crippen molar-refractivity contribution in [1.29, 1.82) is 0 Å². The van der Waals surface area contributed by atoms with E-state index in [0.29, 0.717) is 6.42 Å². The van der Waals surface area contributed by atoms with E-state index in [-0.39, 0.29) is 42.2 Å². The molecule has 16 aromatic rings. The molecule has 0 amide bonds. The van der Waals surface area contributed by atoms with Gasteiger partial charge in [0.25, 0.3) is 0 Å². The third-order valence-corrected chi connectivity index (χ3v) is 25.2. The Hall–Kier alpha value is -11.3. The van der Waals surface area contributed by atoms with Gasteiger partial charge in [-0.2, -0.15) is 0 Å². The molecule has 6 aliphatic rings. The highest BCUT2D eigenvalue weighted by atomic mass is 16.5. The third kappa shape index (κ3) is 9.06. The van der Waals surface area contributed by atoms with Crippen LogP contribution in [0.25, 0.3) is 98.8 Å². The minimum Gasteiger partial charge on any atom is -0.458 e. The average molecular weight is 1400 g/mol. The van der Waals surface area contributed by atoms with Crippen molar-refractivity contribution in [3.05, 3.63) is 276 Å². The molecule has 22 rings (SSSR count). The number of nitrogens with zero attached hydrogens (tertiary/aromatic N) is 3. The van der Waals surface area contributed by atoms with Gasteiger partial charge in [-0.25, -0.2) is 0 Å². The minimum atomic E-state index is -0.503. The highest BCUT2D eigenvalue weighted by Crippen LogP contribution is 2.52. The maximum Gasteiger partial charge on any atom is 0.336 e. The lowest BCUT2D eigenvalue weighted by atomic mass is 9.45. The minimum absolute atomic E-state index is 0.0653. The normalized spacial score (nSPS) is 14.7. The molecule has 522 valence electrons. The molecule has 1 unspecified atom stereocenters. The third-order valence-electron chi connectivity index (χ3n) is 25.2. The Kier molecular flexibility index (Phi) is 12.8. The van der Waals surface area contributed by atoms with Gasteiger partial charge in [-0.1, -0.05) is 230 Å². The molecular formula is C98H82B3N3O4. The van der Waals surface area contributed by atoms with Crippen LogP contribution in [0.2, 0.25) is 0 Å². The zero-order valence-corrected chi connectivity index (χ0v) is 63.6. The first-order valence-corrected chi connectivity index (χ1v) is 38.8. The summed E-state index contributed by atoms with van der Waals surface area (Å²) in [5.74, 6) is 7.10. The summed E-state index contributed by atoms with van der Waals surface area (Å²) in [7, 11) is 0. The van der Waals surface area contributed by atoms with E-state index in [2.05, 4.69) is 340 Å². The van der Waals surface area contributed by atoms with Crippen LogP contribution in [0.4, 0.5) is 0 Å². The SMILES string of the molecule is CC(C)(C)c1cc2c3c(c1)-c1cccc4c5ccccc5n(c14)B3c1ccc(C(C)(Cc3cccc(Oc4cc5c6c(c4)c4ccccc4n6B4c6ccccc6Oc6cc(C(C)(C)C)cc-5c64)c3)Cc3ccc4c(c3)c3cc(C(C)(C)C)cc5c3n4B3c4ccccc4Oc4cc(C(C)(C)C)cc-5c43)cc1O2. The molecule has 0 fully saturated rings. The van der Waals surface area contributed by atoms with E-state index in [1.54, 1.807) is 0 Å². The second-order valence-corrected chi connectivity index (χ2v) is 36.3. The average Bonchev–Trinajstić information content (AvgIpc) is 1.47. The van der Waals surface area contributed by atoms with Crippen molar-refractivity contribution in [3.8, 4) is 79.4 Å². The molecule has 0 aliphatic carbocycles. The Morgan fingerprint density at radius 3 is 1.28 bits per heavy atom. The zero-order chi connectivity index (χ0) is 73.3. The van der Waals surface area contributed by atoms with Crippen molar-refractivity contribution in [1.82, 2.24) is 13.4 Å². The van der Waals surface area contributed by atoms with Crippen LogP contribution < -0.4 is 51.7 Å². The number of hydrogen-bond acceptors (Lipinski definition) is 4. The van der Waals surface area contributed by atoms with Gasteiger partial charge in [-0.05, 0) is 204 Å². The topological polar surface area (TPSA) is 51.7 Å². The number of aromatic nitrogens is 3. The molecule has 13 aromatic carbocycles. The Morgan fingerprint density at radius 2 is 0.704 bits per heavy atom. The van der Waals surface area contributed by atoms with Gasteiger partial charge in [0.1, 0.15) is 46.0 Å². The highest BCUT2D eigenvalue weighted by molar-refractivity contribution is 6.90. The number of ether oxygens (including phenoxy) is 4. The fraction of sp³-hybridized carbons (Fsp3) is 0.204. The second-order valence-electron chi connectivity index (χ2n) is 36.3. The van der Waals surface area contributed by atoms with E-state index in [1.165, 1.54) is 165 Å². The Morgan fingerprint density at radius 1 is 0.278 bits per heavy atom. The summed E-state index contributed by atoms with van der Waals surface area (Å²) in [4.78, 5) is 0. The van der Waals surface area contributed by atoms with E-state index in [9.17, 15) is 0 Å². The lowest BCUT2D eigenvalue weighted by Gasteiger charge is -2.37. The van der Waals surface area contributed by atoms with Gasteiger partial charge in [0, 0.05) is 104 Å². The summed E-state index contributed by atoms with van der Waals surface area (Å²) in [5.41, 5.74) is 29.7. The maximum absolute atomic E-state index is 7.58. The lowest BCUT2D eigenvalue weighted by molar-refractivity contribution is 0.451. The Bertz CT molecular complexity index is 6740. The van der Waals surface area contributed by atoms with E-state index in [4.69, 9.17) is 18.9 Å². The highest BCUT2D eigenvalue weighted by Gasteiger charge is 2.47. The molecule has 9 heterocycles. The standard InChI is InChI=1S/C98H82B3N3O4/c1-94(2,3)58-45-72-68-41-56(36-39-81(68)104-92(72)73(46-58)70-43-60(96(7,8)9)48-85-89(70)100(104)77-31-17-21-35-83(77)106-85)54-98(13,57-37-38-78-84(47-57)108-87-50-59(95(4,5)6)42-69-67-29-23-28-66-64-26-14-18-32-79(64)102(91(66)67)101(78)88(69)87)53-55-24-22-25-62(40-55)105-63-51-74-65-27-15-19-33-80(65)103-93(74)75(52-63)71-44-61(97(10,11)12)49-86-90(71)99(103)76-30-16-20-34-82(76)107-86/h14-52H,53-54H2,1-13H3. The molecule has 3 aromatic heterocycles. The van der Waals surface area contributed by atoms with Crippen LogP contribution in [0.5, 0.6) is 46.0 Å². The largest absolute Gasteiger partial charge is 0.458 e. The maximum atomic E-state index is 7.58. The quantitative estimate of drug-likeness (QED) is 0.149. The van der Waals surface area contributed by atoms with Crippen LogP contribution >= 0.6 is 0 Å². The molecule has 10 heteroatoms. The monoisotopic (exact) mass is 1400 g/mol. The fourth-order valence-electron chi connectivity index (χ4n) is 19.8. The van der Waals surface area contributed by atoms with Crippen molar-refractivity contribution in [3.63, 3.8) is 0 Å². The van der Waals surface area contributed by atoms with Crippen LogP contribution in [0.3, 0.4) is 0 Å². The van der Waals surface area contributed by atoms with Gasteiger partial charge < -0.3 is 32.4 Å². The molecule has 0 saturated carbocycles. The lowest BCUT2D eigenvalue weighted by Crippen LogP contribution is -2.54. The predicted molar refractivity (Wildman–Crippen MR) is 452 cm³/mol. The first-order chi connectivity index (χ1) is 51.9. The smallest absolute Gasteiger partial charge is 0.336 e. The first-order valence-electron chi connectivity index (χ1n) is 38.8. The van der Waals surface area contributed by atoms with Gasteiger partial charge in [0.2, 0.25) is 0 Å². The van der Waals surface area contributed by atoms with Gasteiger partial charge in [0.15, 0.2) is 0 Å². The van der Waals surface area contributed by atoms with Crippen LogP contribution in [-0.2, 0) is 39.9 Å². The molecule has 0 radical (unpaired) electrons. The van der Waals surface area contributed by atoms with Gasteiger partial charge in [-0.15, -0.1) is 0 Å². The van der Waals surface area contributed by atoms with Crippen LogP contribution in [-0.4, -0.2) is 34.0 Å². The first kappa shape index (κ1) is 63.9. The number of rotatable bonds is 7. The van der Waals surface area contributed by atoms with Gasteiger partial charge >= 0.3 is 20.5 Å². The summed E-state index contributed by atoms with van der Waals surface area (Å²) >= 11 is 0. The molecule has 6 aliphatic heterocycles. The molecule has 1 atom stereocenters. The predicted octanol–water partition coefficient (Wildman–Crippen LogP) is 21.0. The molecule has 0 bridgehead atoms. The summed E-state index contributed by atoms with van der Waals surface area (Å²) < 4.78 is 36.8. The van der Waals surface area contributed by atoms with E-state index in [0.717, 1.165) is 58.0 Å². The Balaban J connectivity index is 0.718. The molecule has 7 nitrogen and oxygen atoms in total. The van der Waals surface area contributed by atoms with Crippen molar-refractivity contribution in [2.45, 2.75) is 130 Å². The summed E-state index contributed by atoms with van der Waals surface area (Å²) in [5, 5.41) is 7.46. The Labute approximate surface area is 632 Å². The van der Waals surface area contributed by atoms with Crippen molar-refractivity contribution in [2.75, 3.05) is 0 Å². The number of para-hydroxylation sites is 5. The second kappa shape index (κ2) is 21.7. The molecule has 0 saturated heterocycles. The van der Waals surface area contributed by atoms with Gasteiger partial charge in [-0.3, -0.25) is 0 Å². The molecule has 0 spiro atoms. The number of benzene rings is 13. The molecule has 108 heavy (non-hydrogen) atoms.